The SMILES string of the molecule is Cc1ccc2nc(-c3ccc(NC(=O)c4ccc(C)o4)cc3)sc2c1. The highest BCUT2D eigenvalue weighted by Crippen LogP contribution is 2.31. The number of furan rings is 1. The van der Waals surface area contributed by atoms with Gasteiger partial charge >= 0.3 is 0 Å². The first-order valence-corrected chi connectivity index (χ1v) is 8.75. The molecule has 0 aliphatic rings. The van der Waals surface area contributed by atoms with E-state index in [-0.39, 0.29) is 5.91 Å². The standard InChI is InChI=1S/C20H16N2O2S/c1-12-3-9-16-18(11-12)25-20(22-16)14-5-7-15(8-6-14)21-19(23)17-10-4-13(2)24-17/h3-11H,1-2H3,(H,21,23). The monoisotopic (exact) mass is 348 g/mol. The molecule has 0 radical (unpaired) electrons. The van der Waals surface area contributed by atoms with Crippen LogP contribution in [0.25, 0.3) is 20.8 Å². The quantitative estimate of drug-likeness (QED) is 0.537. The first-order valence-electron chi connectivity index (χ1n) is 7.94. The van der Waals surface area contributed by atoms with Crippen LogP contribution in [0.3, 0.4) is 0 Å². The molecule has 0 saturated carbocycles. The van der Waals surface area contributed by atoms with Gasteiger partial charge in [-0.05, 0) is 67.9 Å². The van der Waals surface area contributed by atoms with Crippen molar-refractivity contribution in [2.45, 2.75) is 13.8 Å². The maximum Gasteiger partial charge on any atom is 0.291 e. The van der Waals surface area contributed by atoms with Crippen LogP contribution >= 0.6 is 11.3 Å². The third-order valence-electron chi connectivity index (χ3n) is 3.90. The fraction of sp³-hybridized carbons (Fsp3) is 0.100. The van der Waals surface area contributed by atoms with Crippen molar-refractivity contribution >= 4 is 33.1 Å². The average molecular weight is 348 g/mol. The van der Waals surface area contributed by atoms with Gasteiger partial charge in [0, 0.05) is 11.3 Å². The van der Waals surface area contributed by atoms with Crippen molar-refractivity contribution in [3.8, 4) is 10.6 Å². The van der Waals surface area contributed by atoms with Gasteiger partial charge in [-0.15, -0.1) is 11.3 Å². The predicted octanol–water partition coefficient (Wildman–Crippen LogP) is 5.43. The molecular weight excluding hydrogens is 332 g/mol. The summed E-state index contributed by atoms with van der Waals surface area (Å²) in [6.07, 6.45) is 0. The molecule has 25 heavy (non-hydrogen) atoms. The van der Waals surface area contributed by atoms with Crippen LogP contribution in [0.15, 0.2) is 59.0 Å². The fourth-order valence-corrected chi connectivity index (χ4v) is 3.67. The van der Waals surface area contributed by atoms with E-state index < -0.39 is 0 Å². The number of hydrogen-bond acceptors (Lipinski definition) is 4. The highest BCUT2D eigenvalue weighted by molar-refractivity contribution is 7.21. The Bertz CT molecular complexity index is 1060. The maximum absolute atomic E-state index is 12.1. The summed E-state index contributed by atoms with van der Waals surface area (Å²) >= 11 is 1.67. The van der Waals surface area contributed by atoms with E-state index in [0.29, 0.717) is 11.5 Å². The molecule has 0 fully saturated rings. The van der Waals surface area contributed by atoms with E-state index in [9.17, 15) is 4.79 Å². The summed E-state index contributed by atoms with van der Waals surface area (Å²) in [4.78, 5) is 16.8. The zero-order chi connectivity index (χ0) is 17.4. The van der Waals surface area contributed by atoms with E-state index in [4.69, 9.17) is 4.42 Å². The number of carbonyl (C=O) groups excluding carboxylic acids is 1. The van der Waals surface area contributed by atoms with Crippen LogP contribution in [0.5, 0.6) is 0 Å². The number of nitrogens with one attached hydrogen (secondary N) is 1. The lowest BCUT2D eigenvalue weighted by atomic mass is 10.2. The van der Waals surface area contributed by atoms with Crippen LogP contribution in [-0.4, -0.2) is 10.9 Å². The maximum atomic E-state index is 12.1. The molecule has 0 atom stereocenters. The van der Waals surface area contributed by atoms with Gasteiger partial charge in [0.2, 0.25) is 0 Å². The third-order valence-corrected chi connectivity index (χ3v) is 4.97. The van der Waals surface area contributed by atoms with Crippen LogP contribution in [0.2, 0.25) is 0 Å². The number of anilines is 1. The molecule has 0 aliphatic heterocycles. The van der Waals surface area contributed by atoms with Crippen LogP contribution in [-0.2, 0) is 0 Å². The highest BCUT2D eigenvalue weighted by Gasteiger charge is 2.11. The molecule has 1 amide bonds. The smallest absolute Gasteiger partial charge is 0.291 e. The predicted molar refractivity (Wildman–Crippen MR) is 101 cm³/mol. The Kier molecular flexibility index (Phi) is 3.86. The molecule has 1 N–H and O–H groups in total. The van der Waals surface area contributed by atoms with Crippen molar-refractivity contribution < 1.29 is 9.21 Å². The van der Waals surface area contributed by atoms with Crippen molar-refractivity contribution in [2.75, 3.05) is 5.32 Å². The number of rotatable bonds is 3. The van der Waals surface area contributed by atoms with E-state index in [2.05, 4.69) is 29.4 Å². The zero-order valence-electron chi connectivity index (χ0n) is 13.9. The number of aryl methyl sites for hydroxylation is 2. The number of aromatic nitrogens is 1. The molecule has 4 nitrogen and oxygen atoms in total. The molecule has 0 spiro atoms. The largest absolute Gasteiger partial charge is 0.456 e. The van der Waals surface area contributed by atoms with Crippen molar-refractivity contribution in [3.63, 3.8) is 0 Å². The van der Waals surface area contributed by atoms with E-state index in [1.54, 1.807) is 23.5 Å². The van der Waals surface area contributed by atoms with E-state index in [0.717, 1.165) is 21.8 Å². The molecule has 5 heteroatoms. The molecule has 2 heterocycles. The topological polar surface area (TPSA) is 55.1 Å². The molecule has 0 aliphatic carbocycles. The highest BCUT2D eigenvalue weighted by atomic mass is 32.1. The summed E-state index contributed by atoms with van der Waals surface area (Å²) in [6, 6.07) is 17.4. The first kappa shape index (κ1) is 15.6. The molecule has 0 unspecified atom stereocenters. The number of nitrogens with zero attached hydrogens (tertiary/aromatic N) is 1. The Morgan fingerprint density at radius 1 is 1.04 bits per heavy atom. The fourth-order valence-electron chi connectivity index (χ4n) is 2.60. The van der Waals surface area contributed by atoms with Crippen LogP contribution in [0, 0.1) is 13.8 Å². The number of hydrogen-bond donors (Lipinski definition) is 1. The second-order valence-electron chi connectivity index (χ2n) is 5.93. The van der Waals surface area contributed by atoms with Crippen molar-refractivity contribution in [1.82, 2.24) is 4.98 Å². The molecule has 124 valence electrons. The van der Waals surface area contributed by atoms with Gasteiger partial charge in [0.1, 0.15) is 10.8 Å². The Labute approximate surface area is 149 Å². The zero-order valence-corrected chi connectivity index (χ0v) is 14.7. The van der Waals surface area contributed by atoms with Crippen LogP contribution in [0.1, 0.15) is 21.9 Å². The van der Waals surface area contributed by atoms with E-state index in [1.165, 1.54) is 10.3 Å². The van der Waals surface area contributed by atoms with Gasteiger partial charge in [-0.25, -0.2) is 4.98 Å². The Morgan fingerprint density at radius 2 is 1.84 bits per heavy atom. The van der Waals surface area contributed by atoms with Gasteiger partial charge < -0.3 is 9.73 Å². The van der Waals surface area contributed by atoms with Crippen molar-refractivity contribution in [2.24, 2.45) is 0 Å². The van der Waals surface area contributed by atoms with Gasteiger partial charge in [0.05, 0.1) is 10.2 Å². The van der Waals surface area contributed by atoms with E-state index >= 15 is 0 Å². The van der Waals surface area contributed by atoms with Crippen molar-refractivity contribution in [3.05, 3.63) is 71.7 Å². The molecular formula is C20H16N2O2S. The average Bonchev–Trinajstić information content (AvgIpc) is 3.21. The molecule has 2 aromatic heterocycles. The summed E-state index contributed by atoms with van der Waals surface area (Å²) in [7, 11) is 0. The summed E-state index contributed by atoms with van der Waals surface area (Å²) in [5.74, 6) is 0.769. The minimum Gasteiger partial charge on any atom is -0.456 e. The Hall–Kier alpha value is -2.92. The lowest BCUT2D eigenvalue weighted by molar-refractivity contribution is 0.0995. The molecule has 2 aromatic carbocycles. The lowest BCUT2D eigenvalue weighted by Crippen LogP contribution is -2.10. The second kappa shape index (κ2) is 6.18. The van der Waals surface area contributed by atoms with Crippen molar-refractivity contribution in [1.29, 1.82) is 0 Å². The third kappa shape index (κ3) is 3.19. The minimum absolute atomic E-state index is 0.253. The van der Waals surface area contributed by atoms with E-state index in [1.807, 2.05) is 37.3 Å². The van der Waals surface area contributed by atoms with Gasteiger partial charge in [-0.1, -0.05) is 6.07 Å². The molecule has 4 aromatic rings. The number of carbonyl (C=O) groups is 1. The van der Waals surface area contributed by atoms with Crippen LogP contribution < -0.4 is 5.32 Å². The Morgan fingerprint density at radius 3 is 2.56 bits per heavy atom. The van der Waals surface area contributed by atoms with Gasteiger partial charge in [-0.3, -0.25) is 4.79 Å². The number of amides is 1. The Balaban J connectivity index is 1.55. The first-order chi connectivity index (χ1) is 12.1. The summed E-state index contributed by atoms with van der Waals surface area (Å²) < 4.78 is 6.51. The molecule has 4 rings (SSSR count). The number of fused-ring (bicyclic) bond motifs is 1. The second-order valence-corrected chi connectivity index (χ2v) is 6.96. The number of thiazole rings is 1. The number of benzene rings is 2. The molecule has 0 saturated heterocycles. The normalized spacial score (nSPS) is 11.0. The summed E-state index contributed by atoms with van der Waals surface area (Å²) in [5.41, 5.74) is 4.00. The van der Waals surface area contributed by atoms with Gasteiger partial charge in [0.25, 0.3) is 5.91 Å². The summed E-state index contributed by atoms with van der Waals surface area (Å²) in [6.45, 7) is 3.89. The van der Waals surface area contributed by atoms with Gasteiger partial charge in [-0.2, -0.15) is 0 Å². The lowest BCUT2D eigenvalue weighted by Gasteiger charge is -2.04. The molecule has 0 bridgehead atoms. The van der Waals surface area contributed by atoms with Crippen LogP contribution in [0.4, 0.5) is 5.69 Å². The van der Waals surface area contributed by atoms with Gasteiger partial charge in [0.15, 0.2) is 5.76 Å². The summed E-state index contributed by atoms with van der Waals surface area (Å²) in [5, 5.41) is 3.81. The minimum atomic E-state index is -0.253.